The zero-order valence-electron chi connectivity index (χ0n) is 15.5. The molecular weight excluding hydrogens is 308 g/mol. The zero-order chi connectivity index (χ0) is 18.4. The molecule has 0 spiro atoms. The van der Waals surface area contributed by atoms with Gasteiger partial charge in [-0.15, -0.1) is 0 Å². The van der Waals surface area contributed by atoms with E-state index in [2.05, 4.69) is 49.3 Å². The zero-order valence-corrected chi connectivity index (χ0v) is 15.5. The van der Waals surface area contributed by atoms with Crippen molar-refractivity contribution >= 4 is 23.5 Å². The molecule has 0 radical (unpaired) electrons. The molecule has 6 N–H and O–H groups in total. The summed E-state index contributed by atoms with van der Waals surface area (Å²) in [6.45, 7) is 12.0. The van der Waals surface area contributed by atoms with Gasteiger partial charge in [0, 0.05) is 35.9 Å². The maximum Gasteiger partial charge on any atom is 0.0510 e. The second-order valence-corrected chi connectivity index (χ2v) is 6.85. The molecule has 0 bridgehead atoms. The highest BCUT2D eigenvalue weighted by atomic mass is 15.1. The number of rotatable bonds is 6. The van der Waals surface area contributed by atoms with Gasteiger partial charge in [0.1, 0.15) is 0 Å². The monoisotopic (exact) mass is 338 g/mol. The van der Waals surface area contributed by atoms with Gasteiger partial charge in [0.15, 0.2) is 0 Å². The van der Waals surface area contributed by atoms with Gasteiger partial charge < -0.3 is 22.1 Å². The topological polar surface area (TPSA) is 76.1 Å². The molecule has 1 fully saturated rings. The summed E-state index contributed by atoms with van der Waals surface area (Å²) in [5, 5.41) is 8.91. The summed E-state index contributed by atoms with van der Waals surface area (Å²) in [5.74, 6) is 0.422. The molecule has 0 amide bonds. The summed E-state index contributed by atoms with van der Waals surface area (Å²) in [7, 11) is 0. The molecule has 0 unspecified atom stereocenters. The third-order valence-electron chi connectivity index (χ3n) is 4.05. The Bertz CT molecular complexity index is 792. The molecule has 134 valence electrons. The van der Waals surface area contributed by atoms with E-state index >= 15 is 0 Å². The fourth-order valence-corrected chi connectivity index (χ4v) is 2.86. The van der Waals surface area contributed by atoms with Crippen LogP contribution in [0.2, 0.25) is 0 Å². The van der Waals surface area contributed by atoms with E-state index in [4.69, 9.17) is 11.5 Å². The van der Waals surface area contributed by atoms with Crippen molar-refractivity contribution < 1.29 is 0 Å². The van der Waals surface area contributed by atoms with Crippen LogP contribution < -0.4 is 32.5 Å². The van der Waals surface area contributed by atoms with Crippen LogP contribution in [0.25, 0.3) is 17.8 Å². The Balaban J connectivity index is 2.66. The summed E-state index contributed by atoms with van der Waals surface area (Å²) in [5.41, 5.74) is 15.9. The van der Waals surface area contributed by atoms with Crippen molar-refractivity contribution in [2.24, 2.45) is 17.4 Å². The maximum absolute atomic E-state index is 5.95. The summed E-state index contributed by atoms with van der Waals surface area (Å²) < 4.78 is 0. The van der Waals surface area contributed by atoms with Gasteiger partial charge >= 0.3 is 0 Å². The number of allylic oxidation sites excluding steroid dienone is 5. The fraction of sp³-hybridized carbons (Fsp3) is 0.333. The molecule has 1 aromatic carbocycles. The Labute approximate surface area is 150 Å². The highest BCUT2D eigenvalue weighted by Crippen LogP contribution is 2.20. The van der Waals surface area contributed by atoms with Crippen LogP contribution in [0.3, 0.4) is 0 Å². The summed E-state index contributed by atoms with van der Waals surface area (Å²) in [6, 6.07) is 4.72. The second-order valence-electron chi connectivity index (χ2n) is 6.85. The van der Waals surface area contributed by atoms with E-state index in [0.29, 0.717) is 12.0 Å². The van der Waals surface area contributed by atoms with Crippen molar-refractivity contribution in [1.82, 2.24) is 5.32 Å². The molecule has 0 saturated carbocycles. The lowest BCUT2D eigenvalue weighted by Gasteiger charge is -2.29. The first kappa shape index (κ1) is 18.9. The van der Waals surface area contributed by atoms with Crippen LogP contribution in [0.15, 0.2) is 42.6 Å². The highest BCUT2D eigenvalue weighted by Gasteiger charge is 2.17. The summed E-state index contributed by atoms with van der Waals surface area (Å²) in [6.07, 6.45) is 9.68. The predicted octanol–water partition coefficient (Wildman–Crippen LogP) is 1.64. The van der Waals surface area contributed by atoms with Crippen LogP contribution in [0.4, 0.5) is 5.69 Å². The number of nitrogens with one attached hydrogen (secondary N) is 2. The third kappa shape index (κ3) is 5.00. The van der Waals surface area contributed by atoms with Gasteiger partial charge in [-0.1, -0.05) is 38.7 Å². The number of benzene rings is 1. The molecular formula is C21H30N4. The standard InChI is InChI=1S/C21H30N4/c1-5-6-16-9-18(17(7-14(2)3)8-15(4)23)10-21(20(16)11-22)25-19-12-24-13-19/h5-11,14,19,24-25H,1,12-13,22-23H2,2-4H3/b15-8-,16-6-,17-7+,20-11+. The van der Waals surface area contributed by atoms with Gasteiger partial charge in [-0.05, 0) is 47.4 Å². The first-order chi connectivity index (χ1) is 11.9. The fourth-order valence-electron chi connectivity index (χ4n) is 2.86. The van der Waals surface area contributed by atoms with Crippen molar-refractivity contribution in [3.8, 4) is 0 Å². The third-order valence-corrected chi connectivity index (χ3v) is 4.05. The summed E-state index contributed by atoms with van der Waals surface area (Å²) >= 11 is 0. The normalized spacial score (nSPS) is 17.8. The Hall–Kier alpha value is -2.46. The van der Waals surface area contributed by atoms with Crippen molar-refractivity contribution in [2.45, 2.75) is 26.8 Å². The quantitative estimate of drug-likeness (QED) is 0.595. The average Bonchev–Trinajstić information content (AvgIpc) is 2.49. The van der Waals surface area contributed by atoms with E-state index in [1.165, 1.54) is 0 Å². The lowest BCUT2D eigenvalue weighted by Crippen LogP contribution is -2.52. The van der Waals surface area contributed by atoms with Crippen LogP contribution in [0.5, 0.6) is 0 Å². The molecule has 0 aromatic heterocycles. The van der Waals surface area contributed by atoms with Crippen LogP contribution >= 0.6 is 0 Å². The van der Waals surface area contributed by atoms with Crippen LogP contribution in [0.1, 0.15) is 26.3 Å². The molecule has 1 heterocycles. The predicted molar refractivity (Wildman–Crippen MR) is 110 cm³/mol. The van der Waals surface area contributed by atoms with Crippen molar-refractivity contribution in [2.75, 3.05) is 18.4 Å². The van der Waals surface area contributed by atoms with Gasteiger partial charge in [0.2, 0.25) is 0 Å². The minimum Gasteiger partial charge on any atom is -0.404 e. The van der Waals surface area contributed by atoms with Gasteiger partial charge in [0.05, 0.1) is 6.04 Å². The highest BCUT2D eigenvalue weighted by molar-refractivity contribution is 5.77. The first-order valence-corrected chi connectivity index (χ1v) is 8.76. The lowest BCUT2D eigenvalue weighted by molar-refractivity contribution is 0.472. The van der Waals surface area contributed by atoms with Crippen LogP contribution in [0, 0.1) is 5.92 Å². The number of hydrogen-bond donors (Lipinski definition) is 4. The van der Waals surface area contributed by atoms with E-state index in [1.54, 1.807) is 12.3 Å². The molecule has 1 aromatic rings. The molecule has 1 aliphatic heterocycles. The lowest BCUT2D eigenvalue weighted by atomic mass is 9.97. The van der Waals surface area contributed by atoms with Crippen molar-refractivity contribution in [3.63, 3.8) is 0 Å². The Morgan fingerprint density at radius 1 is 1.36 bits per heavy atom. The van der Waals surface area contributed by atoms with Gasteiger partial charge in [-0.3, -0.25) is 0 Å². The molecule has 4 heteroatoms. The first-order valence-electron chi connectivity index (χ1n) is 8.76. The van der Waals surface area contributed by atoms with Crippen LogP contribution in [-0.4, -0.2) is 19.1 Å². The average molecular weight is 338 g/mol. The molecule has 0 atom stereocenters. The molecule has 4 nitrogen and oxygen atoms in total. The molecule has 1 saturated heterocycles. The van der Waals surface area contributed by atoms with E-state index < -0.39 is 0 Å². The minimum absolute atomic E-state index is 0.422. The van der Waals surface area contributed by atoms with E-state index in [-0.39, 0.29) is 0 Å². The Morgan fingerprint density at radius 2 is 2.08 bits per heavy atom. The maximum atomic E-state index is 5.95. The van der Waals surface area contributed by atoms with E-state index in [0.717, 1.165) is 46.0 Å². The van der Waals surface area contributed by atoms with Crippen LogP contribution in [-0.2, 0) is 0 Å². The molecule has 1 aliphatic rings. The van der Waals surface area contributed by atoms with Crippen molar-refractivity contribution in [1.29, 1.82) is 0 Å². The Kier molecular flexibility index (Phi) is 6.48. The Morgan fingerprint density at radius 3 is 2.56 bits per heavy atom. The number of nitrogens with two attached hydrogens (primary N) is 2. The minimum atomic E-state index is 0.422. The second kappa shape index (κ2) is 8.58. The van der Waals surface area contributed by atoms with Gasteiger partial charge in [-0.2, -0.15) is 0 Å². The number of hydrogen-bond acceptors (Lipinski definition) is 4. The van der Waals surface area contributed by atoms with E-state index in [9.17, 15) is 0 Å². The number of anilines is 1. The smallest absolute Gasteiger partial charge is 0.0510 e. The SMILES string of the molecule is C=C/C=c1/cc(C(/C=C(/C)N)=C/C(C)C)cc(NC2CNC2)/c1=C/N. The largest absolute Gasteiger partial charge is 0.404 e. The summed E-state index contributed by atoms with van der Waals surface area (Å²) in [4.78, 5) is 0. The van der Waals surface area contributed by atoms with Gasteiger partial charge in [-0.25, -0.2) is 0 Å². The van der Waals surface area contributed by atoms with Gasteiger partial charge in [0.25, 0.3) is 0 Å². The molecule has 25 heavy (non-hydrogen) atoms. The van der Waals surface area contributed by atoms with E-state index in [1.807, 2.05) is 19.1 Å². The molecule has 0 aliphatic carbocycles. The molecule has 2 rings (SSSR count). The van der Waals surface area contributed by atoms with Crippen molar-refractivity contribution in [3.05, 3.63) is 58.6 Å².